The Labute approximate surface area is 205 Å². The Morgan fingerprint density at radius 2 is 1.51 bits per heavy atom. The van der Waals surface area contributed by atoms with E-state index in [-0.39, 0.29) is 17.4 Å². The Bertz CT molecular complexity index is 1130. The molecule has 2 aromatic rings. The van der Waals surface area contributed by atoms with Gasteiger partial charge in [-0.2, -0.15) is 8.42 Å². The van der Waals surface area contributed by atoms with E-state index < -0.39 is 51.9 Å². The van der Waals surface area contributed by atoms with Gasteiger partial charge in [0.1, 0.15) is 24.9 Å². The van der Waals surface area contributed by atoms with Gasteiger partial charge < -0.3 is 0 Å². The van der Waals surface area contributed by atoms with Crippen molar-refractivity contribution in [2.24, 2.45) is 21.9 Å². The number of hydrogen-bond acceptors (Lipinski definition) is 5. The zero-order chi connectivity index (χ0) is 25.3. The molecule has 0 aliphatic heterocycles. The maximum Gasteiger partial charge on any atom is 0.329 e. The van der Waals surface area contributed by atoms with E-state index in [0.29, 0.717) is 24.0 Å². The lowest BCUT2D eigenvalue weighted by Crippen LogP contribution is -2.42. The Hall–Kier alpha value is -2.61. The summed E-state index contributed by atoms with van der Waals surface area (Å²) < 4.78 is 60.1. The summed E-state index contributed by atoms with van der Waals surface area (Å²) in [5, 5.41) is 3.92. The van der Waals surface area contributed by atoms with Gasteiger partial charge in [-0.3, -0.25) is 17.9 Å². The highest BCUT2D eigenvalue weighted by Gasteiger charge is 2.65. The summed E-state index contributed by atoms with van der Waals surface area (Å²) in [5.74, 6) is -2.40. The minimum Gasteiger partial charge on any atom is -0.299 e. The number of hydrogen-bond donors (Lipinski definition) is 0. The summed E-state index contributed by atoms with van der Waals surface area (Å²) in [4.78, 5) is 12.8. The number of benzene rings is 2. The number of alkyl halides is 2. The summed E-state index contributed by atoms with van der Waals surface area (Å²) in [6.45, 7) is 2.05. The number of Topliss-reactive ketones (excluding diaryl/α,β-unsaturated/α-hetero) is 1. The highest BCUT2D eigenvalue weighted by Crippen LogP contribution is 2.64. The fourth-order valence-corrected chi connectivity index (χ4v) is 7.49. The van der Waals surface area contributed by atoms with Crippen molar-refractivity contribution in [1.82, 2.24) is 0 Å². The Kier molecular flexibility index (Phi) is 7.13. The Morgan fingerprint density at radius 3 is 1.91 bits per heavy atom. The zero-order valence-electron chi connectivity index (χ0n) is 20.0. The van der Waals surface area contributed by atoms with E-state index in [0.717, 1.165) is 6.42 Å². The van der Waals surface area contributed by atoms with Gasteiger partial charge in [-0.1, -0.05) is 79.7 Å². The Balaban J connectivity index is 1.70. The van der Waals surface area contributed by atoms with Crippen LogP contribution in [0.4, 0.5) is 8.78 Å². The second-order valence-electron chi connectivity index (χ2n) is 10.2. The van der Waals surface area contributed by atoms with Crippen molar-refractivity contribution in [3.8, 4) is 0 Å². The van der Waals surface area contributed by atoms with Crippen molar-refractivity contribution in [3.63, 3.8) is 0 Å². The van der Waals surface area contributed by atoms with Crippen LogP contribution >= 0.6 is 0 Å². The number of carbonyl (C=O) groups excluding carboxylic acids is 1. The summed E-state index contributed by atoms with van der Waals surface area (Å²) in [6, 6.07) is 17.2. The van der Waals surface area contributed by atoms with Crippen LogP contribution in [-0.2, 0) is 19.2 Å². The van der Waals surface area contributed by atoms with Crippen LogP contribution in [0.3, 0.4) is 0 Å². The second-order valence-corrected chi connectivity index (χ2v) is 11.7. The maximum absolute atomic E-state index is 14.4. The van der Waals surface area contributed by atoms with Gasteiger partial charge in [-0.25, -0.2) is 0 Å². The first-order valence-corrected chi connectivity index (χ1v) is 13.5. The molecule has 35 heavy (non-hydrogen) atoms. The van der Waals surface area contributed by atoms with Gasteiger partial charge in [-0.15, -0.1) is 0 Å². The number of carbonyl (C=O) groups is 1. The minimum atomic E-state index is -4.31. The molecule has 2 saturated carbocycles. The predicted molar refractivity (Wildman–Crippen MR) is 131 cm³/mol. The van der Waals surface area contributed by atoms with Gasteiger partial charge in [0.15, 0.2) is 0 Å². The second kappa shape index (κ2) is 9.80. The zero-order valence-corrected chi connectivity index (χ0v) is 20.8. The standard InChI is InChI=1S/C27H31F2NO4S/c1-26(2)21-13-14-27(26,24(31)15-21)18-35(32,33)34-30-25(22(16-28)19-9-5-3-6-10-19)23(17-29)20-11-7-4-8-12-20/h3-12,21-23H,13-18H2,1-2H3. The maximum atomic E-state index is 14.4. The van der Waals surface area contributed by atoms with Crippen LogP contribution in [0.1, 0.15) is 56.1 Å². The molecule has 4 rings (SSSR count). The Morgan fingerprint density at radius 1 is 1.00 bits per heavy atom. The first-order valence-electron chi connectivity index (χ1n) is 11.9. The van der Waals surface area contributed by atoms with Gasteiger partial charge in [0.25, 0.3) is 0 Å². The molecule has 0 saturated heterocycles. The fourth-order valence-electron chi connectivity index (χ4n) is 5.95. The highest BCUT2D eigenvalue weighted by atomic mass is 32.2. The van der Waals surface area contributed by atoms with Gasteiger partial charge in [0.05, 0.1) is 23.0 Å². The molecule has 2 aliphatic carbocycles. The third-order valence-electron chi connectivity index (χ3n) is 8.25. The number of oxime groups is 1. The van der Waals surface area contributed by atoms with E-state index >= 15 is 0 Å². The summed E-state index contributed by atoms with van der Waals surface area (Å²) >= 11 is 0. The average molecular weight is 504 g/mol. The lowest BCUT2D eigenvalue weighted by atomic mass is 9.70. The minimum absolute atomic E-state index is 0.0465. The molecule has 0 radical (unpaired) electrons. The van der Waals surface area contributed by atoms with Crippen molar-refractivity contribution in [2.75, 3.05) is 19.1 Å². The topological polar surface area (TPSA) is 72.8 Å². The molecule has 0 aromatic heterocycles. The van der Waals surface area contributed by atoms with Gasteiger partial charge in [0.2, 0.25) is 0 Å². The van der Waals surface area contributed by atoms with Crippen LogP contribution in [-0.4, -0.2) is 39.0 Å². The van der Waals surface area contributed by atoms with Crippen molar-refractivity contribution in [2.45, 2.75) is 44.9 Å². The molecule has 2 fully saturated rings. The van der Waals surface area contributed by atoms with E-state index in [4.69, 9.17) is 4.28 Å². The smallest absolute Gasteiger partial charge is 0.299 e. The monoisotopic (exact) mass is 503 g/mol. The van der Waals surface area contributed by atoms with E-state index in [1.807, 2.05) is 13.8 Å². The SMILES string of the molecule is CC1(C)C2CCC1(CS(=O)(=O)ON=C(C(CF)c1ccccc1)C(CF)c1ccccc1)C(=O)C2. The third kappa shape index (κ3) is 4.65. The van der Waals surface area contributed by atoms with Crippen molar-refractivity contribution in [3.05, 3.63) is 71.8 Å². The molecule has 0 spiro atoms. The molecule has 2 bridgehead atoms. The van der Waals surface area contributed by atoms with E-state index in [9.17, 15) is 22.0 Å². The first kappa shape index (κ1) is 25.5. The van der Waals surface area contributed by atoms with Crippen molar-refractivity contribution < 1.29 is 26.3 Å². The quantitative estimate of drug-likeness (QED) is 0.313. The average Bonchev–Trinajstić information content (AvgIpc) is 3.18. The molecule has 8 heteroatoms. The van der Waals surface area contributed by atoms with Gasteiger partial charge in [-0.05, 0) is 35.3 Å². The molecule has 2 aromatic carbocycles. The molecule has 4 atom stereocenters. The molecule has 0 amide bonds. The van der Waals surface area contributed by atoms with Crippen LogP contribution < -0.4 is 0 Å². The van der Waals surface area contributed by atoms with Crippen LogP contribution in [0.15, 0.2) is 65.8 Å². The van der Waals surface area contributed by atoms with E-state index in [1.165, 1.54) is 0 Å². The lowest BCUT2D eigenvalue weighted by Gasteiger charge is -2.35. The number of halogens is 2. The molecule has 5 nitrogen and oxygen atoms in total. The predicted octanol–water partition coefficient (Wildman–Crippen LogP) is 5.59. The molecule has 0 heterocycles. The molecule has 188 valence electrons. The van der Waals surface area contributed by atoms with Crippen molar-refractivity contribution in [1.29, 1.82) is 0 Å². The lowest BCUT2D eigenvalue weighted by molar-refractivity contribution is -0.128. The highest BCUT2D eigenvalue weighted by molar-refractivity contribution is 7.86. The molecule has 0 N–H and O–H groups in total. The van der Waals surface area contributed by atoms with Crippen LogP contribution in [0.25, 0.3) is 0 Å². The summed E-state index contributed by atoms with van der Waals surface area (Å²) in [7, 11) is -4.31. The molecular weight excluding hydrogens is 472 g/mol. The molecular formula is C27H31F2NO4S. The number of ketones is 1. The van der Waals surface area contributed by atoms with Crippen LogP contribution in [0, 0.1) is 16.7 Å². The molecule has 2 aliphatic rings. The number of fused-ring (bicyclic) bond motifs is 2. The largest absolute Gasteiger partial charge is 0.329 e. The van der Waals surface area contributed by atoms with Crippen LogP contribution in [0.2, 0.25) is 0 Å². The third-order valence-corrected chi connectivity index (χ3v) is 9.39. The summed E-state index contributed by atoms with van der Waals surface area (Å²) in [6.07, 6.45) is 1.64. The number of rotatable bonds is 10. The number of nitrogens with zero attached hydrogens (tertiary/aromatic N) is 1. The van der Waals surface area contributed by atoms with Crippen molar-refractivity contribution >= 4 is 21.6 Å². The van der Waals surface area contributed by atoms with Gasteiger partial charge >= 0.3 is 10.1 Å². The normalized spacial score (nSPS) is 24.7. The van der Waals surface area contributed by atoms with Gasteiger partial charge in [0, 0.05) is 6.42 Å². The summed E-state index contributed by atoms with van der Waals surface area (Å²) in [5.41, 5.74) is -0.467. The van der Waals surface area contributed by atoms with Crippen LogP contribution in [0.5, 0.6) is 0 Å². The van der Waals surface area contributed by atoms with E-state index in [2.05, 4.69) is 5.16 Å². The van der Waals surface area contributed by atoms with E-state index in [1.54, 1.807) is 60.7 Å². The first-order chi connectivity index (χ1) is 16.6. The fraction of sp³-hybridized carbons (Fsp3) is 0.481. The molecule has 4 unspecified atom stereocenters.